The van der Waals surface area contributed by atoms with Gasteiger partial charge >= 0.3 is 5.56 Å². The van der Waals surface area contributed by atoms with Crippen LogP contribution in [0.25, 0.3) is 0 Å². The number of benzene rings is 1. The maximum atomic E-state index is 12.3. The van der Waals surface area contributed by atoms with Crippen LogP contribution < -0.4 is 5.56 Å². The maximum absolute atomic E-state index is 12.3. The van der Waals surface area contributed by atoms with E-state index in [2.05, 4.69) is 5.10 Å². The molecule has 0 saturated heterocycles. The molecule has 1 aromatic carbocycles. The molecule has 0 fully saturated rings. The molecule has 0 spiro atoms. The zero-order valence-electron chi connectivity index (χ0n) is 9.67. The molecule has 0 saturated carbocycles. The summed E-state index contributed by atoms with van der Waals surface area (Å²) in [5.74, 6) is 0. The Labute approximate surface area is 119 Å². The molecule has 0 amide bonds. The fourth-order valence-corrected chi connectivity index (χ4v) is 3.20. The van der Waals surface area contributed by atoms with Crippen LogP contribution >= 0.6 is 23.2 Å². The molecule has 0 atom stereocenters. The minimum Gasteiger partial charge on any atom is -0.265 e. The fourth-order valence-electron chi connectivity index (χ4n) is 1.51. The van der Waals surface area contributed by atoms with Crippen molar-refractivity contribution in [1.82, 2.24) is 9.19 Å². The molecule has 0 bridgehead atoms. The van der Waals surface area contributed by atoms with Crippen LogP contribution in [0.4, 0.5) is 0 Å². The van der Waals surface area contributed by atoms with Crippen molar-refractivity contribution in [3.05, 3.63) is 56.4 Å². The van der Waals surface area contributed by atoms with E-state index >= 15 is 0 Å². The van der Waals surface area contributed by atoms with Gasteiger partial charge in [0.2, 0.25) is 0 Å². The lowest BCUT2D eigenvalue weighted by Crippen LogP contribution is -2.30. The number of hydrogen-bond acceptors (Lipinski definition) is 4. The fraction of sp³-hybridized carbons (Fsp3) is 0.0909. The van der Waals surface area contributed by atoms with Crippen LogP contribution in [0.3, 0.4) is 0 Å². The first-order valence-corrected chi connectivity index (χ1v) is 7.30. The van der Waals surface area contributed by atoms with Gasteiger partial charge in [0.25, 0.3) is 10.0 Å². The summed E-state index contributed by atoms with van der Waals surface area (Å²) < 4.78 is 25.0. The quantitative estimate of drug-likeness (QED) is 0.850. The molecule has 19 heavy (non-hydrogen) atoms. The Kier molecular flexibility index (Phi) is 3.66. The second-order valence-electron chi connectivity index (χ2n) is 3.73. The molecular weight excluding hydrogens is 311 g/mol. The van der Waals surface area contributed by atoms with E-state index in [0.717, 1.165) is 6.20 Å². The summed E-state index contributed by atoms with van der Waals surface area (Å²) in [6.45, 7) is 1.62. The van der Waals surface area contributed by atoms with Crippen molar-refractivity contribution in [3.63, 3.8) is 0 Å². The van der Waals surface area contributed by atoms with E-state index < -0.39 is 15.6 Å². The average Bonchev–Trinajstić information content (AvgIpc) is 2.36. The summed E-state index contributed by atoms with van der Waals surface area (Å²) in [4.78, 5) is 11.8. The Bertz CT molecular complexity index is 800. The monoisotopic (exact) mass is 318 g/mol. The highest BCUT2D eigenvalue weighted by molar-refractivity contribution is 7.89. The van der Waals surface area contributed by atoms with Crippen molar-refractivity contribution >= 4 is 33.2 Å². The molecule has 2 rings (SSSR count). The third-order valence-corrected chi connectivity index (χ3v) is 4.92. The summed E-state index contributed by atoms with van der Waals surface area (Å²) in [6, 6.07) is 6.26. The Morgan fingerprint density at radius 2 is 1.84 bits per heavy atom. The molecule has 1 heterocycles. The summed E-state index contributed by atoms with van der Waals surface area (Å²) in [7, 11) is -4.09. The number of aryl methyl sites for hydroxylation is 1. The van der Waals surface area contributed by atoms with Crippen molar-refractivity contribution in [1.29, 1.82) is 0 Å². The summed E-state index contributed by atoms with van der Waals surface area (Å²) >= 11 is 11.3. The van der Waals surface area contributed by atoms with Crippen LogP contribution in [-0.2, 0) is 10.0 Å². The Hall–Kier alpha value is -1.37. The second kappa shape index (κ2) is 4.96. The number of nitrogens with zero attached hydrogens (tertiary/aromatic N) is 2. The Balaban J connectivity index is 2.76. The van der Waals surface area contributed by atoms with E-state index in [1.165, 1.54) is 6.07 Å². The van der Waals surface area contributed by atoms with Crippen molar-refractivity contribution in [3.8, 4) is 0 Å². The lowest BCUT2D eigenvalue weighted by molar-refractivity contribution is 0.575. The van der Waals surface area contributed by atoms with E-state index in [0.29, 0.717) is 9.65 Å². The van der Waals surface area contributed by atoms with Gasteiger partial charge < -0.3 is 0 Å². The van der Waals surface area contributed by atoms with Gasteiger partial charge in [-0.25, -0.2) is 0 Å². The van der Waals surface area contributed by atoms with E-state index in [9.17, 15) is 13.2 Å². The highest BCUT2D eigenvalue weighted by Crippen LogP contribution is 2.19. The van der Waals surface area contributed by atoms with Gasteiger partial charge in [0, 0.05) is 0 Å². The molecule has 0 N–H and O–H groups in total. The van der Waals surface area contributed by atoms with Gasteiger partial charge in [-0.1, -0.05) is 41.4 Å². The third kappa shape index (κ3) is 2.39. The summed E-state index contributed by atoms with van der Waals surface area (Å²) in [5, 5.41) is 3.05. The SMILES string of the molecule is Cc1ccccc1S(=O)(=O)n1ncc(Cl)c(Cl)c1=O. The topological polar surface area (TPSA) is 69.0 Å². The molecule has 0 aliphatic heterocycles. The minimum absolute atomic E-state index is 0.0111. The van der Waals surface area contributed by atoms with Crippen LogP contribution in [0.1, 0.15) is 5.56 Å². The number of hydrogen-bond donors (Lipinski definition) is 0. The van der Waals surface area contributed by atoms with Gasteiger partial charge in [-0.2, -0.15) is 13.5 Å². The van der Waals surface area contributed by atoms with Gasteiger partial charge in [0.05, 0.1) is 16.1 Å². The molecule has 1 aromatic heterocycles. The minimum atomic E-state index is -4.09. The summed E-state index contributed by atoms with van der Waals surface area (Å²) in [6.07, 6.45) is 1.01. The van der Waals surface area contributed by atoms with Crippen molar-refractivity contribution in [2.24, 2.45) is 0 Å². The lowest BCUT2D eigenvalue weighted by Gasteiger charge is -2.09. The first kappa shape index (κ1) is 14.0. The van der Waals surface area contributed by atoms with Gasteiger partial charge in [-0.3, -0.25) is 4.79 Å². The van der Waals surface area contributed by atoms with Crippen LogP contribution in [0.5, 0.6) is 0 Å². The normalized spacial score (nSPS) is 11.5. The molecule has 2 aromatic rings. The largest absolute Gasteiger partial charge is 0.301 e. The van der Waals surface area contributed by atoms with E-state index in [-0.39, 0.29) is 14.9 Å². The predicted molar refractivity (Wildman–Crippen MR) is 72.3 cm³/mol. The van der Waals surface area contributed by atoms with Gasteiger partial charge in [0.1, 0.15) is 5.02 Å². The zero-order valence-corrected chi connectivity index (χ0v) is 12.0. The summed E-state index contributed by atoms with van der Waals surface area (Å²) in [5.41, 5.74) is -0.473. The van der Waals surface area contributed by atoms with Gasteiger partial charge in [0.15, 0.2) is 0 Å². The zero-order chi connectivity index (χ0) is 14.2. The molecule has 0 aliphatic rings. The van der Waals surface area contributed by atoms with Crippen LogP contribution in [0.15, 0.2) is 40.2 Å². The van der Waals surface area contributed by atoms with Crippen LogP contribution in [0.2, 0.25) is 10.0 Å². The third-order valence-electron chi connectivity index (χ3n) is 2.45. The molecule has 0 aliphatic carbocycles. The highest BCUT2D eigenvalue weighted by atomic mass is 35.5. The molecule has 0 unspecified atom stereocenters. The maximum Gasteiger partial charge on any atom is 0.301 e. The number of rotatable bonds is 2. The molecular formula is C11H8Cl2N2O3S. The average molecular weight is 319 g/mol. The van der Waals surface area contributed by atoms with Crippen molar-refractivity contribution < 1.29 is 8.42 Å². The number of aromatic nitrogens is 2. The molecule has 0 radical (unpaired) electrons. The number of halogens is 2. The molecule has 8 heteroatoms. The van der Waals surface area contributed by atoms with E-state index in [4.69, 9.17) is 23.2 Å². The van der Waals surface area contributed by atoms with E-state index in [1.807, 2.05) is 0 Å². The predicted octanol–water partition coefficient (Wildman–Crippen LogP) is 2.10. The second-order valence-corrected chi connectivity index (χ2v) is 6.25. The standard InChI is InChI=1S/C11H8Cl2N2O3S/c1-7-4-2-3-5-9(7)19(17,18)15-11(16)10(13)8(12)6-14-15/h2-6H,1H3. The van der Waals surface area contributed by atoms with E-state index in [1.54, 1.807) is 25.1 Å². The van der Waals surface area contributed by atoms with Crippen molar-refractivity contribution in [2.45, 2.75) is 11.8 Å². The Morgan fingerprint density at radius 3 is 2.47 bits per heavy atom. The van der Waals surface area contributed by atoms with Gasteiger partial charge in [-0.05, 0) is 18.6 Å². The van der Waals surface area contributed by atoms with Crippen molar-refractivity contribution in [2.75, 3.05) is 0 Å². The first-order chi connectivity index (χ1) is 8.85. The highest BCUT2D eigenvalue weighted by Gasteiger charge is 2.23. The lowest BCUT2D eigenvalue weighted by atomic mass is 10.2. The first-order valence-electron chi connectivity index (χ1n) is 5.10. The molecule has 5 nitrogen and oxygen atoms in total. The molecule has 100 valence electrons. The smallest absolute Gasteiger partial charge is 0.265 e. The van der Waals surface area contributed by atoms with Gasteiger partial charge in [-0.15, -0.1) is 4.09 Å². The Morgan fingerprint density at radius 1 is 1.21 bits per heavy atom. The van der Waals surface area contributed by atoms with Crippen LogP contribution in [-0.4, -0.2) is 17.6 Å². The van der Waals surface area contributed by atoms with Crippen LogP contribution in [0, 0.1) is 6.92 Å².